The van der Waals surface area contributed by atoms with Gasteiger partial charge in [-0.05, 0) is 53.0 Å². The molecule has 0 aliphatic heterocycles. The number of hydrogen-bond acceptors (Lipinski definition) is 2. The molecule has 18 heavy (non-hydrogen) atoms. The zero-order chi connectivity index (χ0) is 13.0. The fourth-order valence-corrected chi connectivity index (χ4v) is 2.57. The Labute approximate surface area is 117 Å². The summed E-state index contributed by atoms with van der Waals surface area (Å²) in [6.07, 6.45) is 2.72. The van der Waals surface area contributed by atoms with Crippen LogP contribution >= 0.6 is 15.9 Å². The van der Waals surface area contributed by atoms with E-state index in [2.05, 4.69) is 33.1 Å². The molecular formula is C14H20BrFN2. The summed E-state index contributed by atoms with van der Waals surface area (Å²) >= 11 is 3.21. The second kappa shape index (κ2) is 6.64. The summed E-state index contributed by atoms with van der Waals surface area (Å²) in [5, 5.41) is 3.41. The lowest BCUT2D eigenvalue weighted by molar-refractivity contribution is 0.277. The van der Waals surface area contributed by atoms with E-state index in [0.717, 1.165) is 37.8 Å². The molecule has 0 atom stereocenters. The summed E-state index contributed by atoms with van der Waals surface area (Å²) in [4.78, 5) is 2.52. The third-order valence-corrected chi connectivity index (χ3v) is 3.97. The number of nitrogens with one attached hydrogen (secondary N) is 1. The van der Waals surface area contributed by atoms with Crippen LogP contribution in [0.4, 0.5) is 4.39 Å². The van der Waals surface area contributed by atoms with Crippen molar-refractivity contribution >= 4 is 15.9 Å². The standard InChI is InChI=1S/C14H20BrFN2/c1-2-18(12-4-5-12)8-7-17-10-11-3-6-14(16)13(15)9-11/h3,6,9,12,17H,2,4-5,7-8,10H2,1H3. The van der Waals surface area contributed by atoms with Crippen LogP contribution in [0.15, 0.2) is 22.7 Å². The summed E-state index contributed by atoms with van der Waals surface area (Å²) in [6, 6.07) is 5.99. The monoisotopic (exact) mass is 314 g/mol. The van der Waals surface area contributed by atoms with Crippen LogP contribution in [-0.4, -0.2) is 30.6 Å². The molecule has 0 heterocycles. The van der Waals surface area contributed by atoms with E-state index in [4.69, 9.17) is 0 Å². The number of halogens is 2. The van der Waals surface area contributed by atoms with E-state index < -0.39 is 0 Å². The molecule has 1 aliphatic rings. The highest BCUT2D eigenvalue weighted by atomic mass is 79.9. The zero-order valence-electron chi connectivity index (χ0n) is 10.8. The third-order valence-electron chi connectivity index (χ3n) is 3.36. The zero-order valence-corrected chi connectivity index (χ0v) is 12.3. The normalized spacial score (nSPS) is 15.3. The lowest BCUT2D eigenvalue weighted by atomic mass is 10.2. The van der Waals surface area contributed by atoms with E-state index >= 15 is 0 Å². The smallest absolute Gasteiger partial charge is 0.137 e. The van der Waals surface area contributed by atoms with Crippen molar-refractivity contribution in [3.05, 3.63) is 34.1 Å². The van der Waals surface area contributed by atoms with Gasteiger partial charge < -0.3 is 5.32 Å². The van der Waals surface area contributed by atoms with Gasteiger partial charge in [0.15, 0.2) is 0 Å². The molecule has 2 nitrogen and oxygen atoms in total. The Kier molecular flexibility index (Phi) is 5.15. The maximum Gasteiger partial charge on any atom is 0.137 e. The van der Waals surface area contributed by atoms with Crippen LogP contribution in [0.2, 0.25) is 0 Å². The van der Waals surface area contributed by atoms with Gasteiger partial charge in [0, 0.05) is 25.7 Å². The molecule has 1 aromatic rings. The second-order valence-electron chi connectivity index (χ2n) is 4.79. The van der Waals surface area contributed by atoms with Crippen molar-refractivity contribution in [1.82, 2.24) is 10.2 Å². The van der Waals surface area contributed by atoms with Crippen molar-refractivity contribution in [2.24, 2.45) is 0 Å². The second-order valence-corrected chi connectivity index (χ2v) is 5.64. The van der Waals surface area contributed by atoms with Gasteiger partial charge in [-0.15, -0.1) is 0 Å². The predicted octanol–water partition coefficient (Wildman–Crippen LogP) is 3.16. The van der Waals surface area contributed by atoms with Crippen LogP contribution in [0.25, 0.3) is 0 Å². The molecule has 1 aliphatic carbocycles. The molecule has 0 bridgehead atoms. The van der Waals surface area contributed by atoms with Crippen molar-refractivity contribution in [2.75, 3.05) is 19.6 Å². The summed E-state index contributed by atoms with van der Waals surface area (Å²) in [5.74, 6) is -0.204. The van der Waals surface area contributed by atoms with Crippen LogP contribution in [-0.2, 0) is 6.54 Å². The molecule has 2 rings (SSSR count). The van der Waals surface area contributed by atoms with Crippen molar-refractivity contribution in [1.29, 1.82) is 0 Å². The Balaban J connectivity index is 1.69. The van der Waals surface area contributed by atoms with Crippen LogP contribution in [0.5, 0.6) is 0 Å². The molecule has 0 amide bonds. The lowest BCUT2D eigenvalue weighted by Gasteiger charge is -2.19. The first-order valence-corrected chi connectivity index (χ1v) is 7.38. The van der Waals surface area contributed by atoms with Gasteiger partial charge in [0.05, 0.1) is 4.47 Å². The van der Waals surface area contributed by atoms with E-state index in [1.165, 1.54) is 18.9 Å². The minimum atomic E-state index is -0.204. The van der Waals surface area contributed by atoms with E-state index in [-0.39, 0.29) is 5.82 Å². The Morgan fingerprint density at radius 2 is 2.22 bits per heavy atom. The summed E-state index contributed by atoms with van der Waals surface area (Å²) in [5.41, 5.74) is 1.11. The largest absolute Gasteiger partial charge is 0.311 e. The number of nitrogens with zero attached hydrogens (tertiary/aromatic N) is 1. The highest BCUT2D eigenvalue weighted by Crippen LogP contribution is 2.25. The van der Waals surface area contributed by atoms with Crippen molar-refractivity contribution in [3.8, 4) is 0 Å². The van der Waals surface area contributed by atoms with Gasteiger partial charge >= 0.3 is 0 Å². The molecule has 0 radical (unpaired) electrons. The average molecular weight is 315 g/mol. The van der Waals surface area contributed by atoms with Gasteiger partial charge in [-0.2, -0.15) is 0 Å². The van der Waals surface area contributed by atoms with Crippen molar-refractivity contribution in [2.45, 2.75) is 32.4 Å². The molecule has 0 saturated heterocycles. The predicted molar refractivity (Wildman–Crippen MR) is 76.1 cm³/mol. The van der Waals surface area contributed by atoms with Crippen molar-refractivity contribution in [3.63, 3.8) is 0 Å². The number of hydrogen-bond donors (Lipinski definition) is 1. The van der Waals surface area contributed by atoms with Crippen LogP contribution in [0, 0.1) is 5.82 Å². The highest BCUT2D eigenvalue weighted by Gasteiger charge is 2.26. The Morgan fingerprint density at radius 1 is 1.44 bits per heavy atom. The quantitative estimate of drug-likeness (QED) is 0.778. The molecule has 1 N–H and O–H groups in total. The van der Waals surface area contributed by atoms with Crippen molar-refractivity contribution < 1.29 is 4.39 Å². The topological polar surface area (TPSA) is 15.3 Å². The minimum absolute atomic E-state index is 0.204. The maximum absolute atomic E-state index is 13.1. The summed E-state index contributed by atoms with van der Waals surface area (Å²) < 4.78 is 13.6. The van der Waals surface area contributed by atoms with E-state index in [9.17, 15) is 4.39 Å². The van der Waals surface area contributed by atoms with Gasteiger partial charge in [0.2, 0.25) is 0 Å². The SMILES string of the molecule is CCN(CCNCc1ccc(F)c(Br)c1)C1CC1. The average Bonchev–Trinajstić information content (AvgIpc) is 3.18. The molecule has 100 valence electrons. The molecule has 1 fully saturated rings. The maximum atomic E-state index is 13.1. The third kappa shape index (κ3) is 4.04. The van der Waals surface area contributed by atoms with Gasteiger partial charge in [-0.3, -0.25) is 4.90 Å². The van der Waals surface area contributed by atoms with Gasteiger partial charge in [0.1, 0.15) is 5.82 Å². The van der Waals surface area contributed by atoms with Crippen LogP contribution in [0.1, 0.15) is 25.3 Å². The van der Waals surface area contributed by atoms with Gasteiger partial charge in [-0.25, -0.2) is 4.39 Å². The fourth-order valence-electron chi connectivity index (χ4n) is 2.14. The van der Waals surface area contributed by atoms with Gasteiger partial charge in [-0.1, -0.05) is 13.0 Å². The molecule has 0 aromatic heterocycles. The van der Waals surface area contributed by atoms with E-state index in [1.807, 2.05) is 12.1 Å². The van der Waals surface area contributed by atoms with E-state index in [1.54, 1.807) is 0 Å². The molecule has 4 heteroatoms. The molecule has 0 unspecified atom stereocenters. The molecule has 1 aromatic carbocycles. The summed E-state index contributed by atoms with van der Waals surface area (Å²) in [7, 11) is 0. The molecule has 1 saturated carbocycles. The lowest BCUT2D eigenvalue weighted by Crippen LogP contribution is -2.33. The first-order chi connectivity index (χ1) is 8.70. The first-order valence-electron chi connectivity index (χ1n) is 6.59. The Hall–Kier alpha value is -0.450. The number of benzene rings is 1. The molecular weight excluding hydrogens is 295 g/mol. The highest BCUT2D eigenvalue weighted by molar-refractivity contribution is 9.10. The number of likely N-dealkylation sites (N-methyl/N-ethyl adjacent to an activating group) is 1. The summed E-state index contributed by atoms with van der Waals surface area (Å²) in [6.45, 7) is 6.23. The Bertz CT molecular complexity index is 393. The van der Waals surface area contributed by atoms with Crippen LogP contribution < -0.4 is 5.32 Å². The fraction of sp³-hybridized carbons (Fsp3) is 0.571. The minimum Gasteiger partial charge on any atom is -0.311 e. The number of rotatable bonds is 7. The Morgan fingerprint density at radius 3 is 2.83 bits per heavy atom. The van der Waals surface area contributed by atoms with E-state index in [0.29, 0.717) is 4.47 Å². The molecule has 0 spiro atoms. The van der Waals surface area contributed by atoms with Gasteiger partial charge in [0.25, 0.3) is 0 Å². The van der Waals surface area contributed by atoms with Crippen LogP contribution in [0.3, 0.4) is 0 Å². The first kappa shape index (κ1) is 14.0.